The van der Waals surface area contributed by atoms with Crippen LogP contribution in [0.3, 0.4) is 0 Å². The molecule has 0 saturated heterocycles. The van der Waals surface area contributed by atoms with Crippen LogP contribution in [0.2, 0.25) is 0 Å². The van der Waals surface area contributed by atoms with E-state index < -0.39 is 17.9 Å². The molecule has 2 atom stereocenters. The van der Waals surface area contributed by atoms with Gasteiger partial charge in [-0.1, -0.05) is 63.7 Å². The maximum absolute atomic E-state index is 11.2. The Bertz CT molecular complexity index is 1000. The highest BCUT2D eigenvalue weighted by atomic mass is 16.4. The highest BCUT2D eigenvalue weighted by Crippen LogP contribution is 2.46. The molecule has 0 aliphatic heterocycles. The fourth-order valence-corrected chi connectivity index (χ4v) is 4.69. The van der Waals surface area contributed by atoms with E-state index in [1.807, 2.05) is 12.1 Å². The third-order valence-electron chi connectivity index (χ3n) is 7.15. The molecule has 0 amide bonds. The number of aliphatic carboxylic acids is 2. The first-order chi connectivity index (χ1) is 14.6. The van der Waals surface area contributed by atoms with E-state index >= 15 is 0 Å². The van der Waals surface area contributed by atoms with Crippen molar-refractivity contribution in [2.45, 2.75) is 64.7 Å². The lowest BCUT2D eigenvalue weighted by Crippen LogP contribution is -2.28. The van der Waals surface area contributed by atoms with Crippen molar-refractivity contribution in [1.82, 2.24) is 0 Å². The largest absolute Gasteiger partial charge is 0.481 e. The van der Waals surface area contributed by atoms with E-state index in [2.05, 4.69) is 46.4 Å². The molecule has 1 aliphatic rings. The van der Waals surface area contributed by atoms with Crippen molar-refractivity contribution >= 4 is 17.5 Å². The Labute approximate surface area is 184 Å². The summed E-state index contributed by atoms with van der Waals surface area (Å²) in [6.07, 6.45) is 3.47. The van der Waals surface area contributed by atoms with Gasteiger partial charge >= 0.3 is 11.9 Å². The Kier molecular flexibility index (Phi) is 6.40. The third kappa shape index (κ3) is 4.43. The number of carboxylic acid groups (broad SMARTS) is 2. The predicted octanol–water partition coefficient (Wildman–Crippen LogP) is 5.95. The molecule has 31 heavy (non-hydrogen) atoms. The first-order valence-corrected chi connectivity index (χ1v) is 11.0. The van der Waals surface area contributed by atoms with Crippen LogP contribution < -0.4 is 0 Å². The molecular formula is C27H32O4. The van der Waals surface area contributed by atoms with Crippen molar-refractivity contribution < 1.29 is 19.8 Å². The number of hydrogen-bond donors (Lipinski definition) is 2. The van der Waals surface area contributed by atoms with Gasteiger partial charge in [-0.25, -0.2) is 0 Å². The van der Waals surface area contributed by atoms with E-state index in [0.717, 1.165) is 23.1 Å². The molecule has 0 bridgehead atoms. The summed E-state index contributed by atoms with van der Waals surface area (Å²) in [7, 11) is 0. The van der Waals surface area contributed by atoms with Crippen molar-refractivity contribution in [2.75, 3.05) is 0 Å². The number of carbonyl (C=O) groups is 2. The molecule has 0 radical (unpaired) electrons. The molecule has 2 N–H and O–H groups in total. The van der Waals surface area contributed by atoms with E-state index in [-0.39, 0.29) is 11.8 Å². The van der Waals surface area contributed by atoms with Crippen LogP contribution in [0, 0.1) is 12.8 Å². The first-order valence-electron chi connectivity index (χ1n) is 11.0. The predicted molar refractivity (Wildman–Crippen MR) is 124 cm³/mol. The summed E-state index contributed by atoms with van der Waals surface area (Å²) in [4.78, 5) is 22.3. The highest BCUT2D eigenvalue weighted by molar-refractivity contribution is 5.93. The maximum atomic E-state index is 11.2. The summed E-state index contributed by atoms with van der Waals surface area (Å²) >= 11 is 0. The van der Waals surface area contributed by atoms with Gasteiger partial charge in [0.15, 0.2) is 5.92 Å². The lowest BCUT2D eigenvalue weighted by atomic mass is 9.66. The van der Waals surface area contributed by atoms with Gasteiger partial charge in [-0.15, -0.1) is 0 Å². The standard InChI is InChI=1S/C27H32O4/c1-6-27(5)12-11-16(2)22-13-17(3)21(15-24(22)27)18(4)20-9-7-19(8-10-20)14-23(25(28)29)26(30)31/h7-10,13,15-16,23H,4,6,11-12,14H2,1-3,5H3,(H,28,29)(H,30,31). The Morgan fingerprint density at radius 2 is 1.77 bits per heavy atom. The molecule has 3 rings (SSSR count). The topological polar surface area (TPSA) is 74.6 Å². The minimum absolute atomic E-state index is 0.0396. The normalized spacial score (nSPS) is 20.4. The van der Waals surface area contributed by atoms with Crippen LogP contribution >= 0.6 is 0 Å². The molecule has 4 heteroatoms. The summed E-state index contributed by atoms with van der Waals surface area (Å²) in [6.45, 7) is 13.4. The summed E-state index contributed by atoms with van der Waals surface area (Å²) in [6, 6.07) is 12.0. The number of aryl methyl sites for hydroxylation is 1. The van der Waals surface area contributed by atoms with E-state index in [1.165, 1.54) is 29.5 Å². The number of benzene rings is 2. The van der Waals surface area contributed by atoms with E-state index in [4.69, 9.17) is 10.2 Å². The van der Waals surface area contributed by atoms with Gasteiger partial charge in [0.1, 0.15) is 0 Å². The fourth-order valence-electron chi connectivity index (χ4n) is 4.69. The molecule has 0 fully saturated rings. The second kappa shape index (κ2) is 8.70. The Hall–Kier alpha value is -2.88. The van der Waals surface area contributed by atoms with Gasteiger partial charge < -0.3 is 10.2 Å². The monoisotopic (exact) mass is 420 g/mol. The van der Waals surface area contributed by atoms with Crippen LogP contribution in [-0.2, 0) is 21.4 Å². The van der Waals surface area contributed by atoms with Crippen molar-refractivity contribution in [3.63, 3.8) is 0 Å². The van der Waals surface area contributed by atoms with Crippen LogP contribution in [0.15, 0.2) is 43.0 Å². The van der Waals surface area contributed by atoms with Crippen molar-refractivity contribution in [2.24, 2.45) is 5.92 Å². The van der Waals surface area contributed by atoms with Crippen LogP contribution in [0.4, 0.5) is 0 Å². The minimum atomic E-state index is -1.44. The molecule has 0 saturated carbocycles. The quantitative estimate of drug-likeness (QED) is 0.543. The Morgan fingerprint density at radius 3 is 2.32 bits per heavy atom. The summed E-state index contributed by atoms with van der Waals surface area (Å²) in [5, 5.41) is 18.2. The van der Waals surface area contributed by atoms with Gasteiger partial charge in [0, 0.05) is 0 Å². The van der Waals surface area contributed by atoms with Crippen LogP contribution in [0.1, 0.15) is 79.3 Å². The lowest BCUT2D eigenvalue weighted by molar-refractivity contribution is -0.154. The van der Waals surface area contributed by atoms with Gasteiger partial charge in [0.2, 0.25) is 0 Å². The molecule has 0 spiro atoms. The summed E-state index contributed by atoms with van der Waals surface area (Å²) in [5.41, 5.74) is 7.96. The SMILES string of the molecule is C=C(c1ccc(CC(C(=O)O)C(=O)O)cc1)c1cc2c(cc1C)C(C)CCC2(C)CC. The van der Waals surface area contributed by atoms with Crippen LogP contribution in [0.25, 0.3) is 5.57 Å². The molecule has 2 aromatic carbocycles. The number of fused-ring (bicyclic) bond motifs is 1. The molecule has 2 unspecified atom stereocenters. The van der Waals surface area contributed by atoms with E-state index in [9.17, 15) is 9.59 Å². The van der Waals surface area contributed by atoms with Crippen LogP contribution in [0.5, 0.6) is 0 Å². The summed E-state index contributed by atoms with van der Waals surface area (Å²) in [5.74, 6) is -3.52. The second-order valence-corrected chi connectivity index (χ2v) is 9.22. The van der Waals surface area contributed by atoms with Gasteiger partial charge in [-0.05, 0) is 82.9 Å². The molecule has 164 valence electrons. The Balaban J connectivity index is 1.92. The maximum Gasteiger partial charge on any atom is 0.318 e. The molecule has 1 aliphatic carbocycles. The molecular weight excluding hydrogens is 388 g/mol. The van der Waals surface area contributed by atoms with Gasteiger partial charge in [-0.2, -0.15) is 0 Å². The average molecular weight is 421 g/mol. The average Bonchev–Trinajstić information content (AvgIpc) is 2.74. The third-order valence-corrected chi connectivity index (χ3v) is 7.15. The number of rotatable bonds is 7. The van der Waals surface area contributed by atoms with Crippen molar-refractivity contribution in [1.29, 1.82) is 0 Å². The first kappa shape index (κ1) is 22.8. The zero-order valence-electron chi connectivity index (χ0n) is 18.9. The summed E-state index contributed by atoms with van der Waals surface area (Å²) < 4.78 is 0. The van der Waals surface area contributed by atoms with Gasteiger partial charge in [-0.3, -0.25) is 9.59 Å². The minimum Gasteiger partial charge on any atom is -0.481 e. The van der Waals surface area contributed by atoms with E-state index in [1.54, 1.807) is 12.1 Å². The number of hydrogen-bond acceptors (Lipinski definition) is 2. The van der Waals surface area contributed by atoms with Gasteiger partial charge in [0.05, 0.1) is 0 Å². The zero-order valence-corrected chi connectivity index (χ0v) is 18.9. The van der Waals surface area contributed by atoms with Crippen molar-refractivity contribution in [3.8, 4) is 0 Å². The second-order valence-electron chi connectivity index (χ2n) is 9.22. The smallest absolute Gasteiger partial charge is 0.318 e. The fraction of sp³-hybridized carbons (Fsp3) is 0.407. The molecule has 4 nitrogen and oxygen atoms in total. The number of carboxylic acids is 2. The van der Waals surface area contributed by atoms with Crippen molar-refractivity contribution in [3.05, 3.63) is 76.4 Å². The van der Waals surface area contributed by atoms with Gasteiger partial charge in [0.25, 0.3) is 0 Å². The Morgan fingerprint density at radius 1 is 1.16 bits per heavy atom. The lowest BCUT2D eigenvalue weighted by Gasteiger charge is -2.39. The molecule has 2 aromatic rings. The highest BCUT2D eigenvalue weighted by Gasteiger charge is 2.34. The molecule has 0 aromatic heterocycles. The van der Waals surface area contributed by atoms with E-state index in [0.29, 0.717) is 11.5 Å². The molecule has 0 heterocycles. The van der Waals surface area contributed by atoms with Crippen LogP contribution in [-0.4, -0.2) is 22.2 Å². The zero-order chi connectivity index (χ0) is 22.9.